The van der Waals surface area contributed by atoms with E-state index in [2.05, 4.69) is 22.0 Å². The molecule has 19 heavy (non-hydrogen) atoms. The fourth-order valence-corrected chi connectivity index (χ4v) is 2.81. The summed E-state index contributed by atoms with van der Waals surface area (Å²) >= 11 is 3.47. The number of rotatable bonds is 2. The second-order valence-corrected chi connectivity index (χ2v) is 5.82. The summed E-state index contributed by atoms with van der Waals surface area (Å²) in [6.45, 7) is 5.53. The van der Waals surface area contributed by atoms with Gasteiger partial charge in [-0.3, -0.25) is 0 Å². The van der Waals surface area contributed by atoms with Gasteiger partial charge in [-0.1, -0.05) is 45.3 Å². The summed E-state index contributed by atoms with van der Waals surface area (Å²) in [4.78, 5) is -0.346. The summed E-state index contributed by atoms with van der Waals surface area (Å²) in [5, 5.41) is 0. The van der Waals surface area contributed by atoms with Crippen molar-refractivity contribution in [2.75, 3.05) is 0 Å². The van der Waals surface area contributed by atoms with Gasteiger partial charge in [0, 0.05) is 5.56 Å². The zero-order chi connectivity index (χ0) is 14.2. The molecule has 0 heterocycles. The maximum absolute atomic E-state index is 14.0. The minimum atomic E-state index is -0.389. The van der Waals surface area contributed by atoms with E-state index >= 15 is 0 Å². The Kier molecular flexibility index (Phi) is 4.04. The van der Waals surface area contributed by atoms with Gasteiger partial charge in [-0.05, 0) is 44.0 Å². The number of alkyl halides is 1. The van der Waals surface area contributed by atoms with Gasteiger partial charge in [-0.15, -0.1) is 0 Å². The van der Waals surface area contributed by atoms with Gasteiger partial charge >= 0.3 is 0 Å². The van der Waals surface area contributed by atoms with Crippen molar-refractivity contribution in [1.82, 2.24) is 0 Å². The molecule has 2 aromatic carbocycles. The highest BCUT2D eigenvalue weighted by atomic mass is 79.9. The van der Waals surface area contributed by atoms with E-state index in [0.717, 1.165) is 16.7 Å². The van der Waals surface area contributed by atoms with Crippen molar-refractivity contribution in [3.63, 3.8) is 0 Å². The number of hydrogen-bond acceptors (Lipinski definition) is 0. The molecule has 0 aliphatic carbocycles. The second kappa shape index (κ2) is 5.41. The molecule has 2 aromatic rings. The van der Waals surface area contributed by atoms with E-state index in [4.69, 9.17) is 0 Å². The van der Waals surface area contributed by atoms with Crippen molar-refractivity contribution >= 4 is 15.9 Å². The van der Waals surface area contributed by atoms with Gasteiger partial charge in [-0.25, -0.2) is 8.78 Å². The van der Waals surface area contributed by atoms with Crippen LogP contribution in [0.1, 0.15) is 32.6 Å². The summed E-state index contributed by atoms with van der Waals surface area (Å²) in [5.74, 6) is -0.773. The number of hydrogen-bond donors (Lipinski definition) is 0. The summed E-state index contributed by atoms with van der Waals surface area (Å²) in [5.41, 5.74) is 3.79. The molecule has 1 atom stereocenters. The van der Waals surface area contributed by atoms with Crippen LogP contribution in [0, 0.1) is 32.4 Å². The van der Waals surface area contributed by atoms with Gasteiger partial charge in [0.15, 0.2) is 0 Å². The van der Waals surface area contributed by atoms with E-state index in [0.29, 0.717) is 11.1 Å². The highest BCUT2D eigenvalue weighted by Gasteiger charge is 2.17. The van der Waals surface area contributed by atoms with Crippen LogP contribution in [0.4, 0.5) is 8.78 Å². The van der Waals surface area contributed by atoms with Crippen LogP contribution < -0.4 is 0 Å². The van der Waals surface area contributed by atoms with Crippen molar-refractivity contribution in [3.05, 3.63) is 69.8 Å². The highest BCUT2D eigenvalue weighted by Crippen LogP contribution is 2.34. The molecule has 0 saturated heterocycles. The van der Waals surface area contributed by atoms with E-state index in [1.54, 1.807) is 6.92 Å². The van der Waals surface area contributed by atoms with E-state index in [1.807, 2.05) is 26.0 Å². The molecule has 3 heteroatoms. The fourth-order valence-electron chi connectivity index (χ4n) is 2.19. The highest BCUT2D eigenvalue weighted by molar-refractivity contribution is 9.09. The Morgan fingerprint density at radius 3 is 2.00 bits per heavy atom. The monoisotopic (exact) mass is 324 g/mol. The van der Waals surface area contributed by atoms with Crippen LogP contribution in [0.2, 0.25) is 0 Å². The first-order valence-electron chi connectivity index (χ1n) is 6.06. The van der Waals surface area contributed by atoms with Gasteiger partial charge in [0.2, 0.25) is 0 Å². The smallest absolute Gasteiger partial charge is 0.128 e. The molecule has 0 spiro atoms. The molecule has 0 saturated carbocycles. The van der Waals surface area contributed by atoms with Crippen LogP contribution in [0.15, 0.2) is 30.3 Å². The lowest BCUT2D eigenvalue weighted by Crippen LogP contribution is -2.00. The van der Waals surface area contributed by atoms with E-state index in [9.17, 15) is 8.78 Å². The molecule has 0 radical (unpaired) electrons. The van der Waals surface area contributed by atoms with Crippen LogP contribution in [0.25, 0.3) is 0 Å². The first-order chi connectivity index (χ1) is 8.88. The Morgan fingerprint density at radius 1 is 0.842 bits per heavy atom. The normalized spacial score (nSPS) is 12.5. The lowest BCUT2D eigenvalue weighted by atomic mass is 9.99. The summed E-state index contributed by atoms with van der Waals surface area (Å²) < 4.78 is 27.6. The number of halogens is 3. The molecule has 100 valence electrons. The van der Waals surface area contributed by atoms with Crippen LogP contribution in [0.3, 0.4) is 0 Å². The first kappa shape index (κ1) is 14.2. The Balaban J connectivity index is 2.49. The minimum Gasteiger partial charge on any atom is -0.207 e. The van der Waals surface area contributed by atoms with Crippen molar-refractivity contribution in [1.29, 1.82) is 0 Å². The van der Waals surface area contributed by atoms with Crippen LogP contribution >= 0.6 is 15.9 Å². The SMILES string of the molecule is Cc1cc(C)cc(C(Br)c2cc(F)c(C)cc2F)c1. The molecule has 0 aliphatic rings. The van der Waals surface area contributed by atoms with E-state index in [-0.39, 0.29) is 16.5 Å². The predicted molar refractivity (Wildman–Crippen MR) is 77.8 cm³/mol. The summed E-state index contributed by atoms with van der Waals surface area (Å²) in [6.07, 6.45) is 0. The third-order valence-corrected chi connectivity index (χ3v) is 4.11. The Labute approximate surface area is 120 Å². The molecular weight excluding hydrogens is 310 g/mol. The van der Waals surface area contributed by atoms with Gasteiger partial charge in [0.1, 0.15) is 11.6 Å². The van der Waals surface area contributed by atoms with E-state index < -0.39 is 0 Å². The molecular formula is C16H15BrF2. The average Bonchev–Trinajstić information content (AvgIpc) is 2.31. The molecule has 0 nitrogen and oxygen atoms in total. The molecule has 0 aromatic heterocycles. The standard InChI is InChI=1S/C16H15BrF2/c1-9-4-10(2)6-12(5-9)16(17)13-8-14(18)11(3)7-15(13)19/h4-8,16H,1-3H3. The Hall–Kier alpha value is -1.22. The topological polar surface area (TPSA) is 0 Å². The van der Waals surface area contributed by atoms with Crippen molar-refractivity contribution in [2.24, 2.45) is 0 Å². The molecule has 0 bridgehead atoms. The third kappa shape index (κ3) is 3.03. The second-order valence-electron chi connectivity index (χ2n) is 4.91. The fraction of sp³-hybridized carbons (Fsp3) is 0.250. The Bertz CT molecular complexity index is 600. The van der Waals surface area contributed by atoms with Gasteiger partial charge in [-0.2, -0.15) is 0 Å². The van der Waals surface area contributed by atoms with E-state index in [1.165, 1.54) is 12.1 Å². The van der Waals surface area contributed by atoms with Crippen molar-refractivity contribution in [2.45, 2.75) is 25.6 Å². The minimum absolute atomic E-state index is 0.321. The Morgan fingerprint density at radius 2 is 1.42 bits per heavy atom. The third-order valence-electron chi connectivity index (χ3n) is 3.09. The average molecular weight is 325 g/mol. The molecule has 1 unspecified atom stereocenters. The molecule has 0 N–H and O–H groups in total. The first-order valence-corrected chi connectivity index (χ1v) is 6.98. The number of aryl methyl sites for hydroxylation is 3. The van der Waals surface area contributed by atoms with Crippen molar-refractivity contribution in [3.8, 4) is 0 Å². The zero-order valence-electron chi connectivity index (χ0n) is 11.1. The maximum Gasteiger partial charge on any atom is 0.128 e. The zero-order valence-corrected chi connectivity index (χ0v) is 12.7. The summed E-state index contributed by atoms with van der Waals surface area (Å²) in [7, 11) is 0. The maximum atomic E-state index is 14.0. The van der Waals surface area contributed by atoms with Crippen molar-refractivity contribution < 1.29 is 8.78 Å². The largest absolute Gasteiger partial charge is 0.207 e. The van der Waals surface area contributed by atoms with Crippen LogP contribution in [-0.4, -0.2) is 0 Å². The van der Waals surface area contributed by atoms with Gasteiger partial charge in [0.25, 0.3) is 0 Å². The van der Waals surface area contributed by atoms with Gasteiger partial charge in [0.05, 0.1) is 4.83 Å². The molecule has 2 rings (SSSR count). The number of benzene rings is 2. The van der Waals surface area contributed by atoms with Crippen LogP contribution in [-0.2, 0) is 0 Å². The lowest BCUT2D eigenvalue weighted by Gasteiger charge is -2.14. The van der Waals surface area contributed by atoms with Crippen LogP contribution in [0.5, 0.6) is 0 Å². The molecule has 0 amide bonds. The summed E-state index contributed by atoms with van der Waals surface area (Å²) in [6, 6.07) is 8.51. The van der Waals surface area contributed by atoms with Gasteiger partial charge < -0.3 is 0 Å². The molecule has 0 aliphatic heterocycles. The quantitative estimate of drug-likeness (QED) is 0.651. The molecule has 0 fully saturated rings. The lowest BCUT2D eigenvalue weighted by molar-refractivity contribution is 0.581. The predicted octanol–water partition coefficient (Wildman–Crippen LogP) is 5.37.